The minimum absolute atomic E-state index is 0.0539. The topological polar surface area (TPSA) is 75.4 Å². The Morgan fingerprint density at radius 3 is 2.40 bits per heavy atom. The van der Waals surface area contributed by atoms with E-state index in [0.717, 1.165) is 10.2 Å². The number of carbonyl (C=O) groups is 2. The molecule has 0 heterocycles. The highest BCUT2D eigenvalue weighted by molar-refractivity contribution is 9.10. The maximum absolute atomic E-state index is 12.1. The molecule has 1 aromatic rings. The number of halogens is 1. The molecule has 1 rings (SSSR count). The van der Waals surface area contributed by atoms with Gasteiger partial charge in [-0.15, -0.1) is 0 Å². The van der Waals surface area contributed by atoms with Crippen molar-refractivity contribution < 1.29 is 9.59 Å². The van der Waals surface area contributed by atoms with Gasteiger partial charge in [-0.2, -0.15) is 0 Å². The Labute approximate surface area is 127 Å². The minimum atomic E-state index is -0.721. The first kappa shape index (κ1) is 16.5. The molecule has 0 fully saturated rings. The Morgan fingerprint density at radius 1 is 1.30 bits per heavy atom. The first-order valence-corrected chi connectivity index (χ1v) is 7.37. The van der Waals surface area contributed by atoms with Gasteiger partial charge in [-0.1, -0.05) is 12.1 Å². The maximum atomic E-state index is 12.1. The third-order valence-corrected chi connectivity index (χ3v) is 3.73. The van der Waals surface area contributed by atoms with E-state index in [1.807, 2.05) is 38.1 Å². The van der Waals surface area contributed by atoms with E-state index >= 15 is 0 Å². The molecule has 0 aromatic heterocycles. The Morgan fingerprint density at radius 2 is 1.90 bits per heavy atom. The highest BCUT2D eigenvalue weighted by Crippen LogP contribution is 2.22. The van der Waals surface area contributed by atoms with Crippen LogP contribution < -0.4 is 11.1 Å². The molecule has 110 valence electrons. The zero-order chi connectivity index (χ0) is 15.1. The van der Waals surface area contributed by atoms with Gasteiger partial charge in [0.1, 0.15) is 6.04 Å². The number of para-hydroxylation sites is 1. The molecule has 20 heavy (non-hydrogen) atoms. The molecule has 0 aliphatic rings. The van der Waals surface area contributed by atoms with Crippen molar-refractivity contribution in [3.63, 3.8) is 0 Å². The minimum Gasteiger partial charge on any atom is -0.372 e. The summed E-state index contributed by atoms with van der Waals surface area (Å²) in [4.78, 5) is 25.3. The van der Waals surface area contributed by atoms with E-state index in [-0.39, 0.29) is 12.3 Å². The predicted molar refractivity (Wildman–Crippen MR) is 83.3 cm³/mol. The van der Waals surface area contributed by atoms with E-state index in [2.05, 4.69) is 21.2 Å². The first-order valence-electron chi connectivity index (χ1n) is 6.57. The third-order valence-electron chi connectivity index (χ3n) is 3.04. The predicted octanol–water partition coefficient (Wildman–Crippen LogP) is 1.97. The average molecular weight is 342 g/mol. The number of carbonyl (C=O) groups excluding carboxylic acids is 2. The maximum Gasteiger partial charge on any atom is 0.240 e. The fourth-order valence-electron chi connectivity index (χ4n) is 1.87. The highest BCUT2D eigenvalue weighted by Gasteiger charge is 2.22. The Hall–Kier alpha value is -1.56. The summed E-state index contributed by atoms with van der Waals surface area (Å²) in [5.41, 5.74) is 6.12. The summed E-state index contributed by atoms with van der Waals surface area (Å²) >= 11 is 3.39. The zero-order valence-corrected chi connectivity index (χ0v) is 13.3. The number of rotatable bonds is 7. The molecule has 0 aliphatic heterocycles. The first-order chi connectivity index (χ1) is 9.49. The van der Waals surface area contributed by atoms with Crippen molar-refractivity contribution in [2.24, 2.45) is 5.73 Å². The molecule has 1 aromatic carbocycles. The van der Waals surface area contributed by atoms with Crippen molar-refractivity contribution in [2.45, 2.75) is 26.3 Å². The van der Waals surface area contributed by atoms with Gasteiger partial charge in [0.2, 0.25) is 11.8 Å². The molecule has 0 aliphatic carbocycles. The second kappa shape index (κ2) is 7.89. The molecule has 5 nitrogen and oxygen atoms in total. The van der Waals surface area contributed by atoms with E-state index in [4.69, 9.17) is 5.73 Å². The number of hydrogen-bond acceptors (Lipinski definition) is 3. The van der Waals surface area contributed by atoms with E-state index in [1.54, 1.807) is 4.90 Å². The van der Waals surface area contributed by atoms with Gasteiger partial charge in [0.25, 0.3) is 0 Å². The molecule has 0 saturated carbocycles. The number of primary amides is 1. The molecule has 1 atom stereocenters. The van der Waals surface area contributed by atoms with Crippen molar-refractivity contribution in [1.82, 2.24) is 4.90 Å². The average Bonchev–Trinajstić information content (AvgIpc) is 2.41. The number of amides is 2. The largest absolute Gasteiger partial charge is 0.372 e. The lowest BCUT2D eigenvalue weighted by Crippen LogP contribution is -2.41. The van der Waals surface area contributed by atoms with E-state index in [1.165, 1.54) is 0 Å². The monoisotopic (exact) mass is 341 g/mol. The fraction of sp³-hybridized carbons (Fsp3) is 0.429. The van der Waals surface area contributed by atoms with Crippen molar-refractivity contribution in [3.05, 3.63) is 28.7 Å². The van der Waals surface area contributed by atoms with Gasteiger partial charge in [-0.3, -0.25) is 9.59 Å². The van der Waals surface area contributed by atoms with E-state index in [9.17, 15) is 9.59 Å². The third kappa shape index (κ3) is 4.52. The molecule has 0 saturated heterocycles. The van der Waals surface area contributed by atoms with Crippen LogP contribution in [0.15, 0.2) is 28.7 Å². The molecule has 2 amide bonds. The molecular weight excluding hydrogens is 322 g/mol. The molecule has 0 radical (unpaired) electrons. The SMILES string of the molecule is CCN(CC)C(=O)CC(Nc1ccccc1Br)C(N)=O. The fourth-order valence-corrected chi connectivity index (χ4v) is 2.27. The number of nitrogens with one attached hydrogen (secondary N) is 1. The number of anilines is 1. The van der Waals surface area contributed by atoms with Crippen molar-refractivity contribution >= 4 is 33.4 Å². The van der Waals surface area contributed by atoms with Crippen LogP contribution in [-0.2, 0) is 9.59 Å². The van der Waals surface area contributed by atoms with Gasteiger partial charge in [0.05, 0.1) is 6.42 Å². The van der Waals surface area contributed by atoms with Crippen molar-refractivity contribution in [1.29, 1.82) is 0 Å². The summed E-state index contributed by atoms with van der Waals surface area (Å²) in [6.07, 6.45) is 0.0539. The van der Waals surface area contributed by atoms with Crippen LogP contribution in [0, 0.1) is 0 Å². The summed E-state index contributed by atoms with van der Waals surface area (Å²) < 4.78 is 0.821. The Bertz CT molecular complexity index is 475. The number of nitrogens with two attached hydrogens (primary N) is 1. The van der Waals surface area contributed by atoms with Gasteiger partial charge < -0.3 is 16.0 Å². The Kier molecular flexibility index (Phi) is 6.51. The summed E-state index contributed by atoms with van der Waals surface area (Å²) in [5, 5.41) is 3.01. The van der Waals surface area contributed by atoms with Crippen LogP contribution in [0.5, 0.6) is 0 Å². The second-order valence-corrected chi connectivity index (χ2v) is 5.20. The lowest BCUT2D eigenvalue weighted by atomic mass is 10.1. The second-order valence-electron chi connectivity index (χ2n) is 4.35. The molecule has 3 N–H and O–H groups in total. The number of nitrogens with zero attached hydrogens (tertiary/aromatic N) is 1. The van der Waals surface area contributed by atoms with Crippen LogP contribution in [0.1, 0.15) is 20.3 Å². The van der Waals surface area contributed by atoms with Gasteiger partial charge in [0.15, 0.2) is 0 Å². The summed E-state index contributed by atoms with van der Waals surface area (Å²) in [7, 11) is 0. The van der Waals surface area contributed by atoms with Gasteiger partial charge in [-0.05, 0) is 41.9 Å². The van der Waals surface area contributed by atoms with Crippen LogP contribution in [0.25, 0.3) is 0 Å². The lowest BCUT2D eigenvalue weighted by Gasteiger charge is -2.22. The van der Waals surface area contributed by atoms with Crippen molar-refractivity contribution in [3.8, 4) is 0 Å². The molecule has 0 bridgehead atoms. The number of hydrogen-bond donors (Lipinski definition) is 2. The van der Waals surface area contributed by atoms with Crippen LogP contribution in [0.3, 0.4) is 0 Å². The molecule has 1 unspecified atom stereocenters. The molecule has 6 heteroatoms. The lowest BCUT2D eigenvalue weighted by molar-refractivity contribution is -0.133. The number of benzene rings is 1. The van der Waals surface area contributed by atoms with Crippen LogP contribution >= 0.6 is 15.9 Å². The van der Waals surface area contributed by atoms with Gasteiger partial charge in [-0.25, -0.2) is 0 Å². The molecule has 0 spiro atoms. The summed E-state index contributed by atoms with van der Waals surface area (Å²) in [5.74, 6) is -0.625. The summed E-state index contributed by atoms with van der Waals surface area (Å²) in [6, 6.07) is 6.67. The normalized spacial score (nSPS) is 11.8. The van der Waals surface area contributed by atoms with Gasteiger partial charge in [0, 0.05) is 23.2 Å². The highest BCUT2D eigenvalue weighted by atomic mass is 79.9. The van der Waals surface area contributed by atoms with Crippen molar-refractivity contribution in [2.75, 3.05) is 18.4 Å². The zero-order valence-electron chi connectivity index (χ0n) is 11.7. The van der Waals surface area contributed by atoms with Crippen LogP contribution in [-0.4, -0.2) is 35.8 Å². The standard InChI is InChI=1S/C14H20BrN3O2/c1-3-18(4-2)13(19)9-12(14(16)20)17-11-8-6-5-7-10(11)15/h5-8,12,17H,3-4,9H2,1-2H3,(H2,16,20). The quantitative estimate of drug-likeness (QED) is 0.796. The Balaban J connectivity index is 2.78. The van der Waals surface area contributed by atoms with Gasteiger partial charge >= 0.3 is 0 Å². The van der Waals surface area contributed by atoms with E-state index in [0.29, 0.717) is 13.1 Å². The van der Waals surface area contributed by atoms with E-state index < -0.39 is 11.9 Å². The summed E-state index contributed by atoms with van der Waals surface area (Å²) in [6.45, 7) is 5.05. The smallest absolute Gasteiger partial charge is 0.240 e. The van der Waals surface area contributed by atoms with Crippen LogP contribution in [0.2, 0.25) is 0 Å². The van der Waals surface area contributed by atoms with Crippen LogP contribution in [0.4, 0.5) is 5.69 Å². The molecular formula is C14H20BrN3O2.